The summed E-state index contributed by atoms with van der Waals surface area (Å²) in [5.74, 6) is -0.144. The van der Waals surface area contributed by atoms with Crippen molar-refractivity contribution in [3.05, 3.63) is 28.7 Å². The van der Waals surface area contributed by atoms with E-state index in [0.717, 1.165) is 6.29 Å². The second kappa shape index (κ2) is 5.31. The lowest BCUT2D eigenvalue weighted by Gasteiger charge is -2.04. The number of fused-ring (bicyclic) bond motifs is 1. The Bertz CT molecular complexity index is 627. The molecule has 0 saturated carbocycles. The van der Waals surface area contributed by atoms with Crippen LogP contribution in [0.4, 0.5) is 5.69 Å². The lowest BCUT2D eigenvalue weighted by molar-refractivity contribution is -0.116. The van der Waals surface area contributed by atoms with Crippen LogP contribution in [0.5, 0.6) is 0 Å². The number of amides is 1. The van der Waals surface area contributed by atoms with E-state index in [-0.39, 0.29) is 11.6 Å². The highest BCUT2D eigenvalue weighted by atomic mass is 16.2. The minimum absolute atomic E-state index is 0.144. The molecule has 1 aromatic carbocycles. The van der Waals surface area contributed by atoms with E-state index in [4.69, 9.17) is 0 Å². The number of hydrogen-bond donors (Lipinski definition) is 3. The third-order valence-electron chi connectivity index (χ3n) is 2.53. The molecule has 0 radical (unpaired) electrons. The van der Waals surface area contributed by atoms with Crippen molar-refractivity contribution in [3.8, 4) is 0 Å². The second-order valence-electron chi connectivity index (χ2n) is 3.95. The molecular formula is C12H13N3O3. The van der Waals surface area contributed by atoms with Crippen molar-refractivity contribution in [2.24, 2.45) is 0 Å². The number of carbonyl (C=O) groups excluding carboxylic acids is 2. The van der Waals surface area contributed by atoms with E-state index >= 15 is 0 Å². The number of carbonyl (C=O) groups is 2. The number of hydrogen-bond acceptors (Lipinski definition) is 3. The maximum atomic E-state index is 11.5. The number of benzene rings is 1. The minimum atomic E-state index is -0.278. The van der Waals surface area contributed by atoms with E-state index in [0.29, 0.717) is 36.0 Å². The van der Waals surface area contributed by atoms with Gasteiger partial charge in [-0.2, -0.15) is 0 Å². The Balaban J connectivity index is 2.04. The Morgan fingerprint density at radius 3 is 2.83 bits per heavy atom. The molecule has 0 fully saturated rings. The molecule has 0 aliphatic carbocycles. The monoisotopic (exact) mass is 247 g/mol. The topological polar surface area (TPSA) is 94.8 Å². The fourth-order valence-corrected chi connectivity index (χ4v) is 1.68. The second-order valence-corrected chi connectivity index (χ2v) is 3.95. The number of anilines is 1. The Morgan fingerprint density at radius 1 is 1.28 bits per heavy atom. The van der Waals surface area contributed by atoms with Crippen LogP contribution in [0, 0.1) is 0 Å². The molecular weight excluding hydrogens is 234 g/mol. The number of imidazole rings is 1. The normalized spacial score (nSPS) is 10.4. The number of aromatic nitrogens is 2. The molecule has 94 valence electrons. The van der Waals surface area contributed by atoms with Crippen molar-refractivity contribution >= 4 is 28.9 Å². The molecule has 0 aliphatic rings. The Morgan fingerprint density at radius 2 is 2.06 bits per heavy atom. The summed E-state index contributed by atoms with van der Waals surface area (Å²) < 4.78 is 0. The van der Waals surface area contributed by atoms with E-state index in [9.17, 15) is 14.4 Å². The predicted octanol–water partition coefficient (Wildman–Crippen LogP) is 1.16. The fourth-order valence-electron chi connectivity index (χ4n) is 1.68. The quantitative estimate of drug-likeness (QED) is 0.546. The van der Waals surface area contributed by atoms with Gasteiger partial charge in [-0.25, -0.2) is 4.79 Å². The first-order valence-corrected chi connectivity index (χ1v) is 5.64. The average Bonchev–Trinajstić information content (AvgIpc) is 2.69. The number of aldehydes is 1. The Labute approximate surface area is 102 Å². The van der Waals surface area contributed by atoms with E-state index < -0.39 is 0 Å². The van der Waals surface area contributed by atoms with Gasteiger partial charge in [-0.1, -0.05) is 0 Å². The molecule has 0 atom stereocenters. The molecule has 2 aromatic rings. The standard InChI is InChI=1S/C12H13N3O3/c16-6-2-1-3-11(17)13-8-4-5-9-10(7-8)15-12(18)14-9/h4-7H,1-3H2,(H,13,17)(H2,14,15,18). The highest BCUT2D eigenvalue weighted by Gasteiger charge is 2.04. The molecule has 6 heteroatoms. The minimum Gasteiger partial charge on any atom is -0.326 e. The first kappa shape index (κ1) is 12.1. The van der Waals surface area contributed by atoms with Crippen LogP contribution in [0.1, 0.15) is 19.3 Å². The summed E-state index contributed by atoms with van der Waals surface area (Å²) in [5.41, 5.74) is 1.68. The van der Waals surface area contributed by atoms with E-state index in [1.807, 2.05) is 0 Å². The molecule has 2 rings (SSSR count). The molecule has 1 aromatic heterocycles. The lowest BCUT2D eigenvalue weighted by Crippen LogP contribution is -2.10. The SMILES string of the molecule is O=CCCCC(=O)Nc1ccc2[nH]c(=O)[nH]c2c1. The number of aromatic amines is 2. The van der Waals surface area contributed by atoms with Gasteiger partial charge in [-0.15, -0.1) is 0 Å². The zero-order chi connectivity index (χ0) is 13.0. The predicted molar refractivity (Wildman–Crippen MR) is 67.5 cm³/mol. The van der Waals surface area contributed by atoms with E-state index in [1.165, 1.54) is 0 Å². The zero-order valence-electron chi connectivity index (χ0n) is 9.66. The van der Waals surface area contributed by atoms with Gasteiger partial charge in [-0.3, -0.25) is 4.79 Å². The summed E-state index contributed by atoms with van der Waals surface area (Å²) >= 11 is 0. The third-order valence-corrected chi connectivity index (χ3v) is 2.53. The largest absolute Gasteiger partial charge is 0.326 e. The van der Waals surface area contributed by atoms with Crippen molar-refractivity contribution in [1.29, 1.82) is 0 Å². The first-order valence-electron chi connectivity index (χ1n) is 5.64. The van der Waals surface area contributed by atoms with Gasteiger partial charge in [0, 0.05) is 18.5 Å². The summed E-state index contributed by atoms with van der Waals surface area (Å²) in [7, 11) is 0. The van der Waals surface area contributed by atoms with Crippen LogP contribution in [0.25, 0.3) is 11.0 Å². The highest BCUT2D eigenvalue weighted by Crippen LogP contribution is 2.14. The van der Waals surface area contributed by atoms with Crippen LogP contribution < -0.4 is 11.0 Å². The summed E-state index contributed by atoms with van der Waals surface area (Å²) in [5, 5.41) is 2.71. The zero-order valence-corrected chi connectivity index (χ0v) is 9.66. The molecule has 0 saturated heterocycles. The van der Waals surface area contributed by atoms with E-state index in [2.05, 4.69) is 15.3 Å². The third kappa shape index (κ3) is 2.85. The van der Waals surface area contributed by atoms with Gasteiger partial charge in [0.25, 0.3) is 0 Å². The summed E-state index contributed by atoms with van der Waals surface area (Å²) in [6.45, 7) is 0. The van der Waals surface area contributed by atoms with Crippen LogP contribution in [-0.4, -0.2) is 22.2 Å². The average molecular weight is 247 g/mol. The van der Waals surface area contributed by atoms with Gasteiger partial charge >= 0.3 is 5.69 Å². The molecule has 18 heavy (non-hydrogen) atoms. The van der Waals surface area contributed by atoms with Gasteiger partial charge in [0.2, 0.25) is 5.91 Å². The molecule has 0 bridgehead atoms. The Hall–Kier alpha value is -2.37. The number of unbranched alkanes of at least 4 members (excludes halogenated alkanes) is 1. The number of H-pyrrole nitrogens is 2. The van der Waals surface area contributed by atoms with Crippen LogP contribution in [0.3, 0.4) is 0 Å². The lowest BCUT2D eigenvalue weighted by atomic mass is 10.2. The van der Waals surface area contributed by atoms with Gasteiger partial charge in [0.05, 0.1) is 11.0 Å². The molecule has 6 nitrogen and oxygen atoms in total. The molecule has 0 spiro atoms. The molecule has 0 aliphatic heterocycles. The van der Waals surface area contributed by atoms with E-state index in [1.54, 1.807) is 18.2 Å². The van der Waals surface area contributed by atoms with Crippen molar-refractivity contribution in [2.75, 3.05) is 5.32 Å². The van der Waals surface area contributed by atoms with Crippen LogP contribution in [0.2, 0.25) is 0 Å². The molecule has 1 amide bonds. The van der Waals surface area contributed by atoms with Crippen molar-refractivity contribution in [3.63, 3.8) is 0 Å². The molecule has 0 unspecified atom stereocenters. The van der Waals surface area contributed by atoms with Crippen molar-refractivity contribution in [2.45, 2.75) is 19.3 Å². The number of rotatable bonds is 5. The number of nitrogens with one attached hydrogen (secondary N) is 3. The van der Waals surface area contributed by atoms with Gasteiger partial charge in [-0.05, 0) is 24.6 Å². The Kier molecular flexibility index (Phi) is 3.57. The summed E-state index contributed by atoms with van der Waals surface area (Å²) in [6, 6.07) is 5.11. The van der Waals surface area contributed by atoms with Crippen LogP contribution in [0.15, 0.2) is 23.0 Å². The smallest absolute Gasteiger partial charge is 0.323 e. The van der Waals surface area contributed by atoms with Crippen molar-refractivity contribution < 1.29 is 9.59 Å². The van der Waals surface area contributed by atoms with Crippen LogP contribution in [-0.2, 0) is 9.59 Å². The van der Waals surface area contributed by atoms with Gasteiger partial charge < -0.3 is 20.1 Å². The maximum Gasteiger partial charge on any atom is 0.323 e. The van der Waals surface area contributed by atoms with Gasteiger partial charge in [0.15, 0.2) is 0 Å². The van der Waals surface area contributed by atoms with Crippen molar-refractivity contribution in [1.82, 2.24) is 9.97 Å². The van der Waals surface area contributed by atoms with Crippen LogP contribution >= 0.6 is 0 Å². The summed E-state index contributed by atoms with van der Waals surface area (Å²) in [4.78, 5) is 37.9. The summed E-state index contributed by atoms with van der Waals surface area (Å²) in [6.07, 6.45) is 2.03. The first-order chi connectivity index (χ1) is 8.69. The highest BCUT2D eigenvalue weighted by molar-refractivity contribution is 5.93. The maximum absolute atomic E-state index is 11.5. The molecule has 1 heterocycles. The fraction of sp³-hybridized carbons (Fsp3) is 0.250. The molecule has 3 N–H and O–H groups in total. The van der Waals surface area contributed by atoms with Gasteiger partial charge in [0.1, 0.15) is 6.29 Å².